The number of anilines is 1. The maximum atomic E-state index is 10.8. The molecule has 1 aromatic heterocycles. The van der Waals surface area contributed by atoms with Crippen molar-refractivity contribution in [3.63, 3.8) is 0 Å². The van der Waals surface area contributed by atoms with E-state index in [1.165, 1.54) is 18.3 Å². The fourth-order valence-electron chi connectivity index (χ4n) is 0.635. The Balaban J connectivity index is 2.95. The second-order valence-corrected chi connectivity index (χ2v) is 1.84. The summed E-state index contributed by atoms with van der Waals surface area (Å²) in [4.78, 5) is 23.2. The molecule has 0 spiro atoms. The van der Waals surface area contributed by atoms with Gasteiger partial charge in [-0.3, -0.25) is 10.1 Å². The summed E-state index contributed by atoms with van der Waals surface area (Å²) in [6.45, 7) is 0. The largest absolute Gasteiger partial charge is 0.465 e. The van der Waals surface area contributed by atoms with Gasteiger partial charge in [0.2, 0.25) is 0 Å². The number of aromatic amines is 1. The highest BCUT2D eigenvalue weighted by Gasteiger charge is 1.99. The van der Waals surface area contributed by atoms with Gasteiger partial charge in [0, 0.05) is 6.20 Å². The fourth-order valence-corrected chi connectivity index (χ4v) is 0.635. The molecule has 0 aliphatic carbocycles. The number of hydrogen-bond acceptors (Lipinski definition) is 2. The Labute approximate surface area is 61.7 Å². The summed E-state index contributed by atoms with van der Waals surface area (Å²) in [7, 11) is 0. The Morgan fingerprint density at radius 1 is 1.64 bits per heavy atom. The predicted molar refractivity (Wildman–Crippen MR) is 38.7 cm³/mol. The number of rotatable bonds is 1. The molecule has 1 aromatic rings. The van der Waals surface area contributed by atoms with Gasteiger partial charge >= 0.3 is 6.09 Å². The smallest absolute Gasteiger partial charge is 0.409 e. The molecule has 1 amide bonds. The molecule has 0 bridgehead atoms. The normalized spacial score (nSPS) is 9.09. The molecule has 0 fully saturated rings. The van der Waals surface area contributed by atoms with Crippen LogP contribution in [0.15, 0.2) is 23.1 Å². The van der Waals surface area contributed by atoms with E-state index < -0.39 is 11.7 Å². The van der Waals surface area contributed by atoms with E-state index in [1.54, 1.807) is 0 Å². The first-order valence-electron chi connectivity index (χ1n) is 2.88. The van der Waals surface area contributed by atoms with E-state index in [4.69, 9.17) is 5.11 Å². The molecule has 0 atom stereocenters. The molecule has 0 unspecified atom stereocenters. The lowest BCUT2D eigenvalue weighted by atomic mass is 10.4. The van der Waals surface area contributed by atoms with Crippen LogP contribution in [0.2, 0.25) is 0 Å². The predicted octanol–water partition coefficient (Wildman–Crippen LogP) is 0.465. The standard InChI is InChI=1S/C6H6N2O3/c9-5-4(8-6(10)11)2-1-3-7-5/h1-3,8H,(H,7,9)(H,10,11). The van der Waals surface area contributed by atoms with Crippen molar-refractivity contribution in [1.29, 1.82) is 0 Å². The monoisotopic (exact) mass is 154 g/mol. The van der Waals surface area contributed by atoms with E-state index in [-0.39, 0.29) is 5.69 Å². The number of H-pyrrole nitrogens is 1. The highest BCUT2D eigenvalue weighted by Crippen LogP contribution is 1.94. The lowest BCUT2D eigenvalue weighted by Crippen LogP contribution is -2.16. The maximum absolute atomic E-state index is 10.8. The molecule has 11 heavy (non-hydrogen) atoms. The second kappa shape index (κ2) is 2.87. The van der Waals surface area contributed by atoms with E-state index >= 15 is 0 Å². The number of carbonyl (C=O) groups is 1. The number of amides is 1. The second-order valence-electron chi connectivity index (χ2n) is 1.84. The van der Waals surface area contributed by atoms with Gasteiger partial charge in [-0.15, -0.1) is 0 Å². The van der Waals surface area contributed by atoms with Crippen molar-refractivity contribution in [3.05, 3.63) is 28.7 Å². The van der Waals surface area contributed by atoms with E-state index in [0.717, 1.165) is 0 Å². The van der Waals surface area contributed by atoms with Crippen LogP contribution in [0, 0.1) is 0 Å². The third-order valence-electron chi connectivity index (χ3n) is 1.06. The van der Waals surface area contributed by atoms with Crippen molar-refractivity contribution in [2.45, 2.75) is 0 Å². The van der Waals surface area contributed by atoms with Gasteiger partial charge in [-0.25, -0.2) is 4.79 Å². The first-order valence-corrected chi connectivity index (χ1v) is 2.88. The minimum Gasteiger partial charge on any atom is -0.465 e. The quantitative estimate of drug-likeness (QED) is 0.549. The van der Waals surface area contributed by atoms with E-state index in [0.29, 0.717) is 0 Å². The molecule has 0 saturated heterocycles. The van der Waals surface area contributed by atoms with Crippen LogP contribution in [0.3, 0.4) is 0 Å². The molecule has 3 N–H and O–H groups in total. The van der Waals surface area contributed by atoms with Gasteiger partial charge < -0.3 is 10.1 Å². The summed E-state index contributed by atoms with van der Waals surface area (Å²) in [5.41, 5.74) is -0.421. The topological polar surface area (TPSA) is 82.2 Å². The van der Waals surface area contributed by atoms with E-state index in [2.05, 4.69) is 4.98 Å². The third-order valence-corrected chi connectivity index (χ3v) is 1.06. The zero-order chi connectivity index (χ0) is 8.27. The van der Waals surface area contributed by atoms with Crippen LogP contribution in [-0.4, -0.2) is 16.2 Å². The number of nitrogens with one attached hydrogen (secondary N) is 2. The van der Waals surface area contributed by atoms with Crippen LogP contribution in [0.4, 0.5) is 10.5 Å². The van der Waals surface area contributed by atoms with Crippen LogP contribution < -0.4 is 10.9 Å². The van der Waals surface area contributed by atoms with Gasteiger partial charge in [0.05, 0.1) is 0 Å². The summed E-state index contributed by atoms with van der Waals surface area (Å²) >= 11 is 0. The van der Waals surface area contributed by atoms with Crippen molar-refractivity contribution in [3.8, 4) is 0 Å². The van der Waals surface area contributed by atoms with Crippen LogP contribution in [0.25, 0.3) is 0 Å². The molecule has 0 radical (unpaired) electrons. The summed E-state index contributed by atoms with van der Waals surface area (Å²) in [6, 6.07) is 2.92. The van der Waals surface area contributed by atoms with Crippen molar-refractivity contribution in [2.75, 3.05) is 5.32 Å². The SMILES string of the molecule is O=C(O)Nc1ccc[nH]c1=O. The van der Waals surface area contributed by atoms with Crippen LogP contribution in [0.5, 0.6) is 0 Å². The first kappa shape index (κ1) is 7.33. The Bertz CT molecular complexity index is 318. The summed E-state index contributed by atoms with van der Waals surface area (Å²) in [5, 5.41) is 10.2. The van der Waals surface area contributed by atoms with Gasteiger partial charge in [0.15, 0.2) is 0 Å². The number of aromatic nitrogens is 1. The fraction of sp³-hybridized carbons (Fsp3) is 0. The Morgan fingerprint density at radius 2 is 2.36 bits per heavy atom. The molecule has 58 valence electrons. The molecule has 0 saturated carbocycles. The Kier molecular flexibility index (Phi) is 1.91. The molecule has 1 rings (SSSR count). The van der Waals surface area contributed by atoms with Crippen LogP contribution in [-0.2, 0) is 0 Å². The molecule has 0 aromatic carbocycles. The van der Waals surface area contributed by atoms with Gasteiger partial charge in [0.25, 0.3) is 5.56 Å². The highest BCUT2D eigenvalue weighted by atomic mass is 16.4. The van der Waals surface area contributed by atoms with E-state index in [1.807, 2.05) is 5.32 Å². The molecule has 1 heterocycles. The lowest BCUT2D eigenvalue weighted by Gasteiger charge is -1.95. The summed E-state index contributed by atoms with van der Waals surface area (Å²) in [5.74, 6) is 0. The minimum atomic E-state index is -1.25. The maximum Gasteiger partial charge on any atom is 0.409 e. The van der Waals surface area contributed by atoms with Gasteiger partial charge in [0.1, 0.15) is 5.69 Å². The van der Waals surface area contributed by atoms with Gasteiger partial charge in [-0.2, -0.15) is 0 Å². The van der Waals surface area contributed by atoms with Crippen LogP contribution >= 0.6 is 0 Å². The molecule has 5 heteroatoms. The lowest BCUT2D eigenvalue weighted by molar-refractivity contribution is 0.209. The van der Waals surface area contributed by atoms with Crippen molar-refractivity contribution >= 4 is 11.8 Å². The molecular formula is C6H6N2O3. The van der Waals surface area contributed by atoms with E-state index in [9.17, 15) is 9.59 Å². The van der Waals surface area contributed by atoms with Crippen molar-refractivity contribution in [1.82, 2.24) is 4.98 Å². The number of hydrogen-bond donors (Lipinski definition) is 3. The van der Waals surface area contributed by atoms with Crippen molar-refractivity contribution < 1.29 is 9.90 Å². The average Bonchev–Trinajstić information content (AvgIpc) is 1.93. The Morgan fingerprint density at radius 3 is 2.91 bits per heavy atom. The highest BCUT2D eigenvalue weighted by molar-refractivity contribution is 5.82. The van der Waals surface area contributed by atoms with Gasteiger partial charge in [-0.05, 0) is 12.1 Å². The molecule has 5 nitrogen and oxygen atoms in total. The minimum absolute atomic E-state index is 0.0278. The summed E-state index contributed by atoms with van der Waals surface area (Å²) < 4.78 is 0. The number of carboxylic acid groups (broad SMARTS) is 1. The number of pyridine rings is 1. The summed E-state index contributed by atoms with van der Waals surface area (Å²) in [6.07, 6.45) is 0.178. The molecule has 0 aliphatic rings. The zero-order valence-electron chi connectivity index (χ0n) is 5.50. The third kappa shape index (κ3) is 1.82. The molecular weight excluding hydrogens is 148 g/mol. The average molecular weight is 154 g/mol. The zero-order valence-corrected chi connectivity index (χ0v) is 5.50. The van der Waals surface area contributed by atoms with Crippen LogP contribution in [0.1, 0.15) is 0 Å². The van der Waals surface area contributed by atoms with Crippen molar-refractivity contribution in [2.24, 2.45) is 0 Å². The molecule has 0 aliphatic heterocycles. The van der Waals surface area contributed by atoms with Gasteiger partial charge in [-0.1, -0.05) is 0 Å². The Hall–Kier alpha value is -1.78. The first-order chi connectivity index (χ1) is 5.20.